The van der Waals surface area contributed by atoms with Gasteiger partial charge in [-0.15, -0.1) is 0 Å². The fourth-order valence-electron chi connectivity index (χ4n) is 1.56. The van der Waals surface area contributed by atoms with E-state index in [-0.39, 0.29) is 16.4 Å². The molecule has 1 heterocycles. The molecule has 1 amide bonds. The van der Waals surface area contributed by atoms with Crippen molar-refractivity contribution in [3.8, 4) is 0 Å². The van der Waals surface area contributed by atoms with E-state index in [0.29, 0.717) is 11.3 Å². The van der Waals surface area contributed by atoms with Crippen LogP contribution in [0.3, 0.4) is 0 Å². The molecule has 8 heteroatoms. The Bertz CT molecular complexity index is 721. The topological polar surface area (TPSA) is 101 Å². The van der Waals surface area contributed by atoms with Gasteiger partial charge in [0.05, 0.1) is 22.5 Å². The third kappa shape index (κ3) is 3.46. The van der Waals surface area contributed by atoms with Crippen molar-refractivity contribution in [3.05, 3.63) is 58.6 Å². The van der Waals surface area contributed by atoms with E-state index in [1.165, 1.54) is 24.4 Å². The number of amides is 1. The number of nitrogens with two attached hydrogens (primary N) is 1. The van der Waals surface area contributed by atoms with Crippen molar-refractivity contribution in [2.75, 3.05) is 5.32 Å². The first-order chi connectivity index (χ1) is 10.0. The number of halogens is 2. The highest BCUT2D eigenvalue weighted by Crippen LogP contribution is 2.23. The molecule has 2 rings (SSSR count). The summed E-state index contributed by atoms with van der Waals surface area (Å²) >= 11 is 6.00. The van der Waals surface area contributed by atoms with Crippen molar-refractivity contribution in [1.82, 2.24) is 4.98 Å². The van der Waals surface area contributed by atoms with Crippen LogP contribution in [-0.2, 0) is 0 Å². The van der Waals surface area contributed by atoms with Gasteiger partial charge in [-0.3, -0.25) is 9.78 Å². The number of benzene rings is 1. The van der Waals surface area contributed by atoms with E-state index in [2.05, 4.69) is 15.5 Å². The number of anilines is 1. The third-order valence-corrected chi connectivity index (χ3v) is 2.90. The highest BCUT2D eigenvalue weighted by atomic mass is 35.5. The maximum absolute atomic E-state index is 13.0. The van der Waals surface area contributed by atoms with Gasteiger partial charge in [0.25, 0.3) is 5.91 Å². The van der Waals surface area contributed by atoms with Gasteiger partial charge in [0, 0.05) is 11.8 Å². The van der Waals surface area contributed by atoms with Gasteiger partial charge in [0.1, 0.15) is 5.82 Å². The lowest BCUT2D eigenvalue weighted by molar-refractivity contribution is 0.102. The van der Waals surface area contributed by atoms with Crippen LogP contribution in [0.15, 0.2) is 41.8 Å². The van der Waals surface area contributed by atoms with Gasteiger partial charge in [0.15, 0.2) is 5.84 Å². The van der Waals surface area contributed by atoms with Crippen LogP contribution < -0.4 is 11.1 Å². The highest BCUT2D eigenvalue weighted by molar-refractivity contribution is 6.34. The minimum atomic E-state index is -0.615. The smallest absolute Gasteiger partial charge is 0.257 e. The average molecular weight is 309 g/mol. The molecule has 21 heavy (non-hydrogen) atoms. The van der Waals surface area contributed by atoms with Crippen LogP contribution in [0.2, 0.25) is 5.02 Å². The summed E-state index contributed by atoms with van der Waals surface area (Å²) in [7, 11) is 0. The molecule has 4 N–H and O–H groups in total. The standard InChI is InChI=1S/C13H10ClFN4O2/c14-10-4-7(12(16)19-21)1-2-11(10)18-13(20)8-3-9(15)6-17-5-8/h1-6,21H,(H2,16,19)(H,18,20). The zero-order valence-corrected chi connectivity index (χ0v) is 11.3. The lowest BCUT2D eigenvalue weighted by atomic mass is 10.2. The van der Waals surface area contributed by atoms with Crippen molar-refractivity contribution in [1.29, 1.82) is 0 Å². The summed E-state index contributed by atoms with van der Waals surface area (Å²) in [6.45, 7) is 0. The van der Waals surface area contributed by atoms with Gasteiger partial charge in [-0.2, -0.15) is 0 Å². The molecule has 0 bridgehead atoms. The minimum absolute atomic E-state index is 0.0616. The lowest BCUT2D eigenvalue weighted by Crippen LogP contribution is -2.15. The lowest BCUT2D eigenvalue weighted by Gasteiger charge is -2.08. The van der Waals surface area contributed by atoms with Crippen LogP contribution in [0.4, 0.5) is 10.1 Å². The normalized spacial score (nSPS) is 11.2. The largest absolute Gasteiger partial charge is 0.409 e. The molecular weight excluding hydrogens is 299 g/mol. The molecule has 0 unspecified atom stereocenters. The zero-order chi connectivity index (χ0) is 15.4. The van der Waals surface area contributed by atoms with E-state index in [0.717, 1.165) is 12.3 Å². The number of oxime groups is 1. The summed E-state index contributed by atoms with van der Waals surface area (Å²) in [5.41, 5.74) is 6.19. The molecule has 2 aromatic rings. The van der Waals surface area contributed by atoms with Crippen molar-refractivity contribution < 1.29 is 14.4 Å². The fraction of sp³-hybridized carbons (Fsp3) is 0. The second-order valence-electron chi connectivity index (χ2n) is 4.03. The molecule has 0 saturated heterocycles. The quantitative estimate of drug-likeness (QED) is 0.350. The van der Waals surface area contributed by atoms with E-state index >= 15 is 0 Å². The first kappa shape index (κ1) is 14.7. The Labute approximate surface area is 124 Å². The van der Waals surface area contributed by atoms with Crippen molar-refractivity contribution >= 4 is 29.0 Å². The van der Waals surface area contributed by atoms with Gasteiger partial charge in [-0.05, 0) is 24.3 Å². The molecule has 0 fully saturated rings. The number of carbonyl (C=O) groups excluding carboxylic acids is 1. The predicted molar refractivity (Wildman–Crippen MR) is 76.1 cm³/mol. The number of hydrogen-bond donors (Lipinski definition) is 3. The minimum Gasteiger partial charge on any atom is -0.409 e. The van der Waals surface area contributed by atoms with Gasteiger partial charge >= 0.3 is 0 Å². The first-order valence-electron chi connectivity index (χ1n) is 5.70. The zero-order valence-electron chi connectivity index (χ0n) is 10.5. The van der Waals surface area contributed by atoms with E-state index in [1.807, 2.05) is 0 Å². The Morgan fingerprint density at radius 3 is 2.71 bits per heavy atom. The second-order valence-corrected chi connectivity index (χ2v) is 4.43. The van der Waals surface area contributed by atoms with E-state index in [1.54, 1.807) is 0 Å². The maximum atomic E-state index is 13.0. The summed E-state index contributed by atoms with van der Waals surface area (Å²) < 4.78 is 13.0. The molecule has 0 aliphatic heterocycles. The number of nitrogens with one attached hydrogen (secondary N) is 1. The van der Waals surface area contributed by atoms with Gasteiger partial charge in [0.2, 0.25) is 0 Å². The SMILES string of the molecule is N/C(=N/O)c1ccc(NC(=O)c2cncc(F)c2)c(Cl)c1. The summed E-state index contributed by atoms with van der Waals surface area (Å²) in [6.07, 6.45) is 2.23. The van der Waals surface area contributed by atoms with Crippen molar-refractivity contribution in [2.24, 2.45) is 10.9 Å². The predicted octanol–water partition coefficient (Wildman–Crippen LogP) is 2.22. The summed E-state index contributed by atoms with van der Waals surface area (Å²) in [5.74, 6) is -1.28. The van der Waals surface area contributed by atoms with Crippen molar-refractivity contribution in [3.63, 3.8) is 0 Å². The number of pyridine rings is 1. The first-order valence-corrected chi connectivity index (χ1v) is 6.08. The van der Waals surface area contributed by atoms with Crippen LogP contribution in [0.25, 0.3) is 0 Å². The van der Waals surface area contributed by atoms with E-state index in [4.69, 9.17) is 22.5 Å². The molecule has 1 aromatic heterocycles. The molecule has 0 spiro atoms. The molecule has 0 aliphatic rings. The Morgan fingerprint density at radius 2 is 2.10 bits per heavy atom. The molecule has 1 aromatic carbocycles. The molecule has 0 aliphatic carbocycles. The molecule has 0 saturated carbocycles. The summed E-state index contributed by atoms with van der Waals surface area (Å²) in [4.78, 5) is 15.5. The van der Waals surface area contributed by atoms with Crippen LogP contribution >= 0.6 is 11.6 Å². The Hall–Kier alpha value is -2.67. The monoisotopic (exact) mass is 308 g/mol. The molecular formula is C13H10ClFN4O2. The number of amidine groups is 1. The number of rotatable bonds is 3. The maximum Gasteiger partial charge on any atom is 0.257 e. The van der Waals surface area contributed by atoms with E-state index in [9.17, 15) is 9.18 Å². The Balaban J connectivity index is 2.22. The van der Waals surface area contributed by atoms with Gasteiger partial charge in [-0.1, -0.05) is 16.8 Å². The second kappa shape index (κ2) is 6.19. The number of hydrogen-bond acceptors (Lipinski definition) is 4. The molecule has 6 nitrogen and oxygen atoms in total. The fourth-order valence-corrected chi connectivity index (χ4v) is 1.79. The Kier molecular flexibility index (Phi) is 4.34. The highest BCUT2D eigenvalue weighted by Gasteiger charge is 2.11. The third-order valence-electron chi connectivity index (χ3n) is 2.59. The number of nitrogens with zero attached hydrogens (tertiary/aromatic N) is 2. The van der Waals surface area contributed by atoms with Crippen LogP contribution in [0.1, 0.15) is 15.9 Å². The molecule has 0 atom stereocenters. The van der Waals surface area contributed by atoms with Crippen LogP contribution in [0.5, 0.6) is 0 Å². The summed E-state index contributed by atoms with van der Waals surface area (Å²) in [5, 5.41) is 14.1. The van der Waals surface area contributed by atoms with E-state index < -0.39 is 11.7 Å². The molecule has 0 radical (unpaired) electrons. The molecule has 108 valence electrons. The number of aromatic nitrogens is 1. The average Bonchev–Trinajstić information content (AvgIpc) is 2.48. The summed E-state index contributed by atoms with van der Waals surface area (Å²) in [6, 6.07) is 5.48. The Morgan fingerprint density at radius 1 is 1.33 bits per heavy atom. The number of carbonyl (C=O) groups is 1. The van der Waals surface area contributed by atoms with Crippen LogP contribution in [-0.4, -0.2) is 21.9 Å². The van der Waals surface area contributed by atoms with Gasteiger partial charge < -0.3 is 16.3 Å². The van der Waals surface area contributed by atoms with Crippen molar-refractivity contribution in [2.45, 2.75) is 0 Å². The van der Waals surface area contributed by atoms with Gasteiger partial charge in [-0.25, -0.2) is 4.39 Å². The van der Waals surface area contributed by atoms with Crippen LogP contribution in [0, 0.1) is 5.82 Å².